The van der Waals surface area contributed by atoms with Crippen LogP contribution in [0, 0.1) is 0 Å². The second-order valence-corrected chi connectivity index (χ2v) is 8.88. The van der Waals surface area contributed by atoms with Crippen LogP contribution in [0.3, 0.4) is 0 Å². The number of anilines is 1. The van der Waals surface area contributed by atoms with Crippen LogP contribution in [0.15, 0.2) is 44.4 Å². The van der Waals surface area contributed by atoms with Crippen molar-refractivity contribution >= 4 is 49.3 Å². The molecule has 0 amide bonds. The maximum Gasteiger partial charge on any atom is 0.247 e. The molecule has 3 N–H and O–H groups in total. The van der Waals surface area contributed by atoms with Gasteiger partial charge in [-0.3, -0.25) is 0 Å². The molecule has 0 unspecified atom stereocenters. The Kier molecular flexibility index (Phi) is 5.35. The summed E-state index contributed by atoms with van der Waals surface area (Å²) in [5.74, 6) is 0.665. The van der Waals surface area contributed by atoms with Crippen LogP contribution in [0.1, 0.15) is 18.7 Å². The topological polar surface area (TPSA) is 100 Å². The molecule has 0 bridgehead atoms. The van der Waals surface area contributed by atoms with Crippen LogP contribution in [0.4, 0.5) is 5.69 Å². The Hall–Kier alpha value is -2.04. The van der Waals surface area contributed by atoms with Gasteiger partial charge in [-0.05, 0) is 52.0 Å². The number of phenols is 2. The van der Waals surface area contributed by atoms with Crippen molar-refractivity contribution in [2.45, 2.75) is 18.3 Å². The summed E-state index contributed by atoms with van der Waals surface area (Å²) in [5, 5.41) is 32.2. The molecule has 0 saturated heterocycles. The second-order valence-electron chi connectivity index (χ2n) is 5.88. The molecule has 1 aliphatic rings. The lowest BCUT2D eigenvalue weighted by Crippen LogP contribution is -2.17. The van der Waals surface area contributed by atoms with E-state index in [-0.39, 0.29) is 11.5 Å². The zero-order chi connectivity index (χ0) is 19.8. The maximum atomic E-state index is 10.0. The first-order chi connectivity index (χ1) is 13.5. The quantitative estimate of drug-likeness (QED) is 0.321. The smallest absolute Gasteiger partial charge is 0.247 e. The SMILES string of the molecule is CCSc1nnc2c(n1)O[C@@H](c1cc(O)c(O)c(Br)c1)Nc1ccc(Br)cc1-2. The van der Waals surface area contributed by atoms with Gasteiger partial charge in [-0.25, -0.2) is 0 Å². The van der Waals surface area contributed by atoms with Crippen molar-refractivity contribution in [3.63, 3.8) is 0 Å². The van der Waals surface area contributed by atoms with Gasteiger partial charge in [-0.2, -0.15) is 4.98 Å². The van der Waals surface area contributed by atoms with Gasteiger partial charge >= 0.3 is 0 Å². The molecule has 0 aliphatic carbocycles. The Labute approximate surface area is 181 Å². The zero-order valence-corrected chi connectivity index (χ0v) is 18.5. The van der Waals surface area contributed by atoms with E-state index >= 15 is 0 Å². The van der Waals surface area contributed by atoms with Gasteiger partial charge in [0, 0.05) is 21.3 Å². The Morgan fingerprint density at radius 3 is 2.75 bits per heavy atom. The summed E-state index contributed by atoms with van der Waals surface area (Å²) in [4.78, 5) is 4.52. The third-order valence-corrected chi connectivity index (χ3v) is 5.85. The maximum absolute atomic E-state index is 10.0. The predicted octanol–water partition coefficient (Wildman–Crippen LogP) is 5.09. The van der Waals surface area contributed by atoms with Gasteiger partial charge in [0.25, 0.3) is 0 Å². The standard InChI is InChI=1S/C18H14Br2N4O3S/c1-2-28-18-22-17-14(23-24-18)10-7-9(19)3-4-12(10)21-16(27-17)8-5-11(20)15(26)13(25)6-8/h3-7,16,21,25-26H,2H2,1H3/t16-/m0/s1. The van der Waals surface area contributed by atoms with E-state index in [1.54, 1.807) is 6.07 Å². The van der Waals surface area contributed by atoms with Crippen molar-refractivity contribution in [3.8, 4) is 28.6 Å². The number of hydrogen-bond acceptors (Lipinski definition) is 8. The molecule has 0 fully saturated rings. The van der Waals surface area contributed by atoms with Gasteiger partial charge in [0.2, 0.25) is 11.0 Å². The number of nitrogens with one attached hydrogen (secondary N) is 1. The molecule has 4 rings (SSSR count). The Bertz CT molecular complexity index is 1040. The Balaban J connectivity index is 1.86. The summed E-state index contributed by atoms with van der Waals surface area (Å²) in [5.41, 5.74) is 2.70. The first kappa shape index (κ1) is 19.3. The Morgan fingerprint density at radius 2 is 2.00 bits per heavy atom. The van der Waals surface area contributed by atoms with E-state index in [0.717, 1.165) is 21.5 Å². The lowest BCUT2D eigenvalue weighted by Gasteiger charge is -2.20. The predicted molar refractivity (Wildman–Crippen MR) is 114 cm³/mol. The number of ether oxygens (including phenoxy) is 1. The lowest BCUT2D eigenvalue weighted by molar-refractivity contribution is 0.224. The molecule has 0 spiro atoms. The van der Waals surface area contributed by atoms with E-state index in [1.807, 2.05) is 25.1 Å². The number of benzene rings is 2. The number of aromatic nitrogens is 3. The van der Waals surface area contributed by atoms with Crippen LogP contribution in [0.2, 0.25) is 0 Å². The molecule has 2 aromatic carbocycles. The van der Waals surface area contributed by atoms with Gasteiger partial charge in [-0.15, -0.1) is 10.2 Å². The first-order valence-corrected chi connectivity index (χ1v) is 10.9. The summed E-state index contributed by atoms with van der Waals surface area (Å²) < 4.78 is 7.38. The molecule has 10 heteroatoms. The number of hydrogen-bond donors (Lipinski definition) is 3. The van der Waals surface area contributed by atoms with Crippen molar-refractivity contribution in [3.05, 3.63) is 44.8 Å². The number of nitrogens with zero attached hydrogens (tertiary/aromatic N) is 3. The fraction of sp³-hybridized carbons (Fsp3) is 0.167. The highest BCUT2D eigenvalue weighted by Gasteiger charge is 2.27. The number of rotatable bonds is 3. The van der Waals surface area contributed by atoms with Crippen LogP contribution < -0.4 is 10.1 Å². The van der Waals surface area contributed by atoms with E-state index in [9.17, 15) is 10.2 Å². The third kappa shape index (κ3) is 3.63. The molecular formula is C18H14Br2N4O3S. The molecular weight excluding hydrogens is 512 g/mol. The average molecular weight is 526 g/mol. The molecule has 3 aromatic rings. The number of thioether (sulfide) groups is 1. The van der Waals surface area contributed by atoms with Gasteiger partial charge in [0.15, 0.2) is 23.4 Å². The third-order valence-electron chi connectivity index (χ3n) is 4.03. The number of halogens is 2. The highest BCUT2D eigenvalue weighted by atomic mass is 79.9. The minimum atomic E-state index is -0.667. The van der Waals surface area contributed by atoms with E-state index in [1.165, 1.54) is 17.8 Å². The van der Waals surface area contributed by atoms with Crippen molar-refractivity contribution < 1.29 is 14.9 Å². The summed E-state index contributed by atoms with van der Waals surface area (Å²) in [7, 11) is 0. The molecule has 1 aliphatic heterocycles. The average Bonchev–Trinajstić information content (AvgIpc) is 2.82. The molecule has 1 atom stereocenters. The molecule has 28 heavy (non-hydrogen) atoms. The van der Waals surface area contributed by atoms with Crippen molar-refractivity contribution in [2.75, 3.05) is 11.1 Å². The molecule has 7 nitrogen and oxygen atoms in total. The molecule has 2 heterocycles. The van der Waals surface area contributed by atoms with Crippen molar-refractivity contribution in [2.24, 2.45) is 0 Å². The first-order valence-electron chi connectivity index (χ1n) is 8.28. The van der Waals surface area contributed by atoms with E-state index in [0.29, 0.717) is 26.8 Å². The molecule has 1 aromatic heterocycles. The highest BCUT2D eigenvalue weighted by Crippen LogP contribution is 2.43. The van der Waals surface area contributed by atoms with Gasteiger partial charge in [0.05, 0.1) is 4.47 Å². The van der Waals surface area contributed by atoms with Crippen LogP contribution in [0.5, 0.6) is 17.4 Å². The monoisotopic (exact) mass is 524 g/mol. The minimum absolute atomic E-state index is 0.229. The Morgan fingerprint density at radius 1 is 1.18 bits per heavy atom. The van der Waals surface area contributed by atoms with Gasteiger partial charge < -0.3 is 20.3 Å². The van der Waals surface area contributed by atoms with Crippen LogP contribution >= 0.6 is 43.6 Å². The minimum Gasteiger partial charge on any atom is -0.504 e. The van der Waals surface area contributed by atoms with Crippen molar-refractivity contribution in [1.82, 2.24) is 15.2 Å². The number of phenolic OH excluding ortho intramolecular Hbond substituents is 2. The highest BCUT2D eigenvalue weighted by molar-refractivity contribution is 9.10. The summed E-state index contributed by atoms with van der Waals surface area (Å²) in [6.45, 7) is 2.01. The van der Waals surface area contributed by atoms with Gasteiger partial charge in [-0.1, -0.05) is 34.6 Å². The van der Waals surface area contributed by atoms with Crippen LogP contribution in [-0.4, -0.2) is 31.1 Å². The fourth-order valence-electron chi connectivity index (χ4n) is 2.77. The second kappa shape index (κ2) is 7.76. The number of aromatic hydroxyl groups is 2. The van der Waals surface area contributed by atoms with Crippen LogP contribution in [0.25, 0.3) is 11.3 Å². The molecule has 0 saturated carbocycles. The van der Waals surface area contributed by atoms with Gasteiger partial charge in [0.1, 0.15) is 0 Å². The van der Waals surface area contributed by atoms with E-state index in [4.69, 9.17) is 4.74 Å². The molecule has 144 valence electrons. The van der Waals surface area contributed by atoms with Crippen LogP contribution in [-0.2, 0) is 0 Å². The van der Waals surface area contributed by atoms with Crippen molar-refractivity contribution in [1.29, 1.82) is 0 Å². The fourth-order valence-corrected chi connectivity index (χ4v) is 4.10. The number of fused-ring (bicyclic) bond motifs is 3. The summed E-state index contributed by atoms with van der Waals surface area (Å²) in [6.07, 6.45) is -0.667. The molecule has 0 radical (unpaired) electrons. The van der Waals surface area contributed by atoms with E-state index < -0.39 is 6.23 Å². The largest absolute Gasteiger partial charge is 0.504 e. The van der Waals surface area contributed by atoms with E-state index in [2.05, 4.69) is 52.4 Å². The normalized spacial score (nSPS) is 15.0. The summed E-state index contributed by atoms with van der Waals surface area (Å²) in [6, 6.07) is 8.83. The summed E-state index contributed by atoms with van der Waals surface area (Å²) >= 11 is 8.20. The zero-order valence-electron chi connectivity index (χ0n) is 14.5. The lowest BCUT2D eigenvalue weighted by atomic mass is 10.1.